The van der Waals surface area contributed by atoms with Crippen molar-refractivity contribution < 1.29 is 19.0 Å². The fourth-order valence-electron chi connectivity index (χ4n) is 2.79. The van der Waals surface area contributed by atoms with Crippen molar-refractivity contribution in [3.05, 3.63) is 42.2 Å². The number of aromatic nitrogens is 2. The molecule has 3 rings (SSSR count). The Bertz CT molecular complexity index is 736. The van der Waals surface area contributed by atoms with Gasteiger partial charge in [-0.3, -0.25) is 9.78 Å². The fraction of sp³-hybridized carbons (Fsp3) is 0.421. The van der Waals surface area contributed by atoms with Gasteiger partial charge in [0.2, 0.25) is 11.8 Å². The van der Waals surface area contributed by atoms with Gasteiger partial charge in [0.05, 0.1) is 26.0 Å². The van der Waals surface area contributed by atoms with Crippen molar-refractivity contribution in [2.75, 3.05) is 26.8 Å². The number of amides is 1. The molecule has 26 heavy (non-hydrogen) atoms. The maximum absolute atomic E-state index is 12.4. The van der Waals surface area contributed by atoms with Crippen molar-refractivity contribution in [2.24, 2.45) is 0 Å². The molecule has 1 unspecified atom stereocenters. The number of hydrogen-bond donors (Lipinski definition) is 0. The Balaban J connectivity index is 1.52. The van der Waals surface area contributed by atoms with Crippen LogP contribution in [0.25, 0.3) is 0 Å². The van der Waals surface area contributed by atoms with Gasteiger partial charge in [-0.25, -0.2) is 0 Å². The van der Waals surface area contributed by atoms with E-state index in [1.54, 1.807) is 11.1 Å². The SMILES string of the molecule is COc1cncc(OC2CCCN(C(=O)COc3ccc(C)cc3)C2)n1. The Morgan fingerprint density at radius 2 is 2.00 bits per heavy atom. The van der Waals surface area contributed by atoms with Gasteiger partial charge in [0, 0.05) is 6.54 Å². The molecule has 1 aliphatic rings. The van der Waals surface area contributed by atoms with E-state index in [1.165, 1.54) is 13.3 Å². The van der Waals surface area contributed by atoms with Crippen LogP contribution in [-0.4, -0.2) is 53.7 Å². The molecule has 1 atom stereocenters. The maximum atomic E-state index is 12.4. The number of hydrogen-bond acceptors (Lipinski definition) is 6. The molecule has 1 aliphatic heterocycles. The van der Waals surface area contributed by atoms with Gasteiger partial charge in [0.1, 0.15) is 11.9 Å². The van der Waals surface area contributed by atoms with Crippen LogP contribution in [0.2, 0.25) is 0 Å². The van der Waals surface area contributed by atoms with E-state index in [2.05, 4.69) is 9.97 Å². The summed E-state index contributed by atoms with van der Waals surface area (Å²) in [6.45, 7) is 3.25. The predicted octanol–water partition coefficient (Wildman–Crippen LogP) is 2.24. The molecule has 0 aliphatic carbocycles. The molecule has 0 bridgehead atoms. The molecule has 0 radical (unpaired) electrons. The van der Waals surface area contributed by atoms with Gasteiger partial charge >= 0.3 is 0 Å². The van der Waals surface area contributed by atoms with Crippen molar-refractivity contribution in [2.45, 2.75) is 25.9 Å². The number of rotatable bonds is 6. The van der Waals surface area contributed by atoms with E-state index in [4.69, 9.17) is 14.2 Å². The van der Waals surface area contributed by atoms with E-state index in [0.717, 1.165) is 18.4 Å². The summed E-state index contributed by atoms with van der Waals surface area (Å²) in [6.07, 6.45) is 4.68. The van der Waals surface area contributed by atoms with Crippen LogP contribution in [0.15, 0.2) is 36.7 Å². The molecule has 1 amide bonds. The summed E-state index contributed by atoms with van der Waals surface area (Å²) in [5.41, 5.74) is 1.15. The van der Waals surface area contributed by atoms with Crippen LogP contribution in [0.1, 0.15) is 18.4 Å². The second kappa shape index (κ2) is 8.51. The predicted molar refractivity (Wildman–Crippen MR) is 95.5 cm³/mol. The topological polar surface area (TPSA) is 73.8 Å². The molecule has 0 spiro atoms. The molecule has 1 saturated heterocycles. The lowest BCUT2D eigenvalue weighted by Gasteiger charge is -2.32. The maximum Gasteiger partial charge on any atom is 0.260 e. The van der Waals surface area contributed by atoms with Gasteiger partial charge in [-0.1, -0.05) is 17.7 Å². The second-order valence-electron chi connectivity index (χ2n) is 6.22. The monoisotopic (exact) mass is 357 g/mol. The van der Waals surface area contributed by atoms with Gasteiger partial charge in [0.25, 0.3) is 5.91 Å². The van der Waals surface area contributed by atoms with Crippen LogP contribution < -0.4 is 14.2 Å². The smallest absolute Gasteiger partial charge is 0.260 e. The zero-order chi connectivity index (χ0) is 18.4. The quantitative estimate of drug-likeness (QED) is 0.789. The van der Waals surface area contributed by atoms with Gasteiger partial charge in [-0.05, 0) is 31.9 Å². The average Bonchev–Trinajstić information content (AvgIpc) is 2.67. The van der Waals surface area contributed by atoms with E-state index in [1.807, 2.05) is 31.2 Å². The number of ether oxygens (including phenoxy) is 3. The number of likely N-dealkylation sites (tertiary alicyclic amines) is 1. The fourth-order valence-corrected chi connectivity index (χ4v) is 2.79. The normalized spacial score (nSPS) is 16.8. The van der Waals surface area contributed by atoms with Crippen LogP contribution in [0.5, 0.6) is 17.5 Å². The number of benzene rings is 1. The first-order valence-corrected chi connectivity index (χ1v) is 8.64. The van der Waals surface area contributed by atoms with Crippen molar-refractivity contribution >= 4 is 5.91 Å². The number of carbonyl (C=O) groups excluding carboxylic acids is 1. The Hall–Kier alpha value is -2.83. The molecule has 7 nitrogen and oxygen atoms in total. The summed E-state index contributed by atoms with van der Waals surface area (Å²) in [6, 6.07) is 7.65. The average molecular weight is 357 g/mol. The van der Waals surface area contributed by atoms with Gasteiger partial charge in [-0.15, -0.1) is 0 Å². The molecule has 2 aromatic rings. The summed E-state index contributed by atoms with van der Waals surface area (Å²) in [5, 5.41) is 0. The number of carbonyl (C=O) groups is 1. The van der Waals surface area contributed by atoms with Crippen molar-refractivity contribution in [3.8, 4) is 17.5 Å². The molecule has 1 aromatic heterocycles. The summed E-state index contributed by atoms with van der Waals surface area (Å²) in [5.74, 6) is 1.45. The molecule has 2 heterocycles. The molecule has 0 saturated carbocycles. The third-order valence-electron chi connectivity index (χ3n) is 4.20. The summed E-state index contributed by atoms with van der Waals surface area (Å²) >= 11 is 0. The number of nitrogens with zero attached hydrogens (tertiary/aromatic N) is 3. The molecular formula is C19H23N3O4. The summed E-state index contributed by atoms with van der Waals surface area (Å²) in [7, 11) is 1.53. The third kappa shape index (κ3) is 4.84. The highest BCUT2D eigenvalue weighted by Crippen LogP contribution is 2.18. The lowest BCUT2D eigenvalue weighted by molar-refractivity contribution is -0.136. The first kappa shape index (κ1) is 18.0. The molecule has 1 aromatic carbocycles. The van der Waals surface area contributed by atoms with Crippen LogP contribution >= 0.6 is 0 Å². The Morgan fingerprint density at radius 1 is 1.23 bits per heavy atom. The Morgan fingerprint density at radius 3 is 2.77 bits per heavy atom. The second-order valence-corrected chi connectivity index (χ2v) is 6.22. The third-order valence-corrected chi connectivity index (χ3v) is 4.20. The van der Waals surface area contributed by atoms with Gasteiger partial charge < -0.3 is 19.1 Å². The molecular weight excluding hydrogens is 334 g/mol. The van der Waals surface area contributed by atoms with Crippen molar-refractivity contribution in [3.63, 3.8) is 0 Å². The van der Waals surface area contributed by atoms with Crippen LogP contribution in [-0.2, 0) is 4.79 Å². The van der Waals surface area contributed by atoms with E-state index >= 15 is 0 Å². The van der Waals surface area contributed by atoms with Crippen LogP contribution in [0, 0.1) is 6.92 Å². The number of methoxy groups -OCH3 is 1. The van der Waals surface area contributed by atoms with E-state index in [-0.39, 0.29) is 18.6 Å². The number of piperidine rings is 1. The molecule has 138 valence electrons. The Labute approximate surface area is 152 Å². The molecule has 1 fully saturated rings. The van der Waals surface area contributed by atoms with E-state index in [0.29, 0.717) is 30.6 Å². The molecule has 7 heteroatoms. The minimum Gasteiger partial charge on any atom is -0.484 e. The van der Waals surface area contributed by atoms with Gasteiger partial charge in [-0.2, -0.15) is 4.98 Å². The summed E-state index contributed by atoms with van der Waals surface area (Å²) < 4.78 is 16.5. The summed E-state index contributed by atoms with van der Waals surface area (Å²) in [4.78, 5) is 22.4. The highest BCUT2D eigenvalue weighted by atomic mass is 16.5. The lowest BCUT2D eigenvalue weighted by Crippen LogP contribution is -2.46. The highest BCUT2D eigenvalue weighted by molar-refractivity contribution is 5.77. The minimum atomic E-state index is -0.117. The zero-order valence-corrected chi connectivity index (χ0v) is 15.1. The zero-order valence-electron chi connectivity index (χ0n) is 15.1. The first-order valence-electron chi connectivity index (χ1n) is 8.64. The number of aryl methyl sites for hydroxylation is 1. The standard InChI is InChI=1S/C19H23N3O4/c1-14-5-7-15(8-6-14)25-13-19(23)22-9-3-4-16(12-22)26-18-11-20-10-17(21-18)24-2/h5-8,10-11,16H,3-4,9,12-13H2,1-2H3. The lowest BCUT2D eigenvalue weighted by atomic mass is 10.1. The highest BCUT2D eigenvalue weighted by Gasteiger charge is 2.25. The van der Waals surface area contributed by atoms with Crippen LogP contribution in [0.3, 0.4) is 0 Å². The minimum absolute atomic E-state index is 0.0226. The van der Waals surface area contributed by atoms with Gasteiger partial charge in [0.15, 0.2) is 6.61 Å². The Kier molecular flexibility index (Phi) is 5.88. The largest absolute Gasteiger partial charge is 0.484 e. The van der Waals surface area contributed by atoms with Crippen LogP contribution in [0.4, 0.5) is 0 Å². The van der Waals surface area contributed by atoms with Crippen molar-refractivity contribution in [1.82, 2.24) is 14.9 Å². The first-order chi connectivity index (χ1) is 12.6. The van der Waals surface area contributed by atoms with E-state index < -0.39 is 0 Å². The van der Waals surface area contributed by atoms with E-state index in [9.17, 15) is 4.79 Å². The van der Waals surface area contributed by atoms with Crippen molar-refractivity contribution in [1.29, 1.82) is 0 Å². The molecule has 0 N–H and O–H groups in total.